The normalized spacial score (nSPS) is 26.6. The number of carbonyl (C=O) groups is 5. The van der Waals surface area contributed by atoms with Gasteiger partial charge in [0.1, 0.15) is 18.4 Å². The molecule has 2 unspecified atom stereocenters. The van der Waals surface area contributed by atoms with Gasteiger partial charge in [-0.15, -0.1) is 0 Å². The lowest BCUT2D eigenvalue weighted by atomic mass is 9.56. The third-order valence-electron chi connectivity index (χ3n) is 8.61. The first-order valence-electron chi connectivity index (χ1n) is 14.6. The third-order valence-corrected chi connectivity index (χ3v) is 8.61. The summed E-state index contributed by atoms with van der Waals surface area (Å²) in [4.78, 5) is 63.3. The first-order valence-corrected chi connectivity index (χ1v) is 14.6. The van der Waals surface area contributed by atoms with E-state index in [0.29, 0.717) is 36.5 Å². The number of hydrogen-bond acceptors (Lipinski definition) is 7. The molecule has 0 aromatic carbocycles. The molecule has 0 aromatic rings. The number of fused-ring (bicyclic) bond motifs is 1. The van der Waals surface area contributed by atoms with Gasteiger partial charge in [-0.2, -0.15) is 0 Å². The van der Waals surface area contributed by atoms with Gasteiger partial charge in [0.05, 0.1) is 13.0 Å². The van der Waals surface area contributed by atoms with E-state index in [4.69, 9.17) is 9.47 Å². The van der Waals surface area contributed by atoms with E-state index < -0.39 is 41.3 Å². The smallest absolute Gasteiger partial charge is 0.331 e. The van der Waals surface area contributed by atoms with Crippen LogP contribution in [0.25, 0.3) is 0 Å². The second kappa shape index (κ2) is 15.1. The molecule has 7 atom stereocenters. The molecule has 0 saturated heterocycles. The molecule has 1 amide bonds. The molecule has 0 heterocycles. The Labute approximate surface area is 244 Å². The maximum absolute atomic E-state index is 13.6. The van der Waals surface area contributed by atoms with Crippen molar-refractivity contribution in [1.82, 2.24) is 5.32 Å². The molecule has 8 heteroatoms. The zero-order valence-corrected chi connectivity index (χ0v) is 25.6. The highest BCUT2D eigenvalue weighted by atomic mass is 16.5. The molecule has 0 aromatic heterocycles. The van der Waals surface area contributed by atoms with Crippen LogP contribution in [0.5, 0.6) is 0 Å². The average Bonchev–Trinajstić information content (AvgIpc) is 2.93. The number of ketones is 1. The molecular formula is C33H47NO7. The van der Waals surface area contributed by atoms with Crippen LogP contribution in [0.1, 0.15) is 73.6 Å². The predicted molar refractivity (Wildman–Crippen MR) is 157 cm³/mol. The number of amides is 1. The number of nitrogens with one attached hydrogen (secondary N) is 1. The fraction of sp³-hybridized carbons (Fsp3) is 0.606. The summed E-state index contributed by atoms with van der Waals surface area (Å²) in [5, 5.41) is 2.83. The van der Waals surface area contributed by atoms with Gasteiger partial charge >= 0.3 is 11.9 Å². The van der Waals surface area contributed by atoms with Gasteiger partial charge in [0.25, 0.3) is 0 Å². The standard InChI is InChI=1S/C33H47NO7/c1-9-21(4)16-22(5)12-10-11-13-29(37)41-28-15-14-25(31(38)34-30(20(2)3)32(39)40-8)33(7)18-24(23(6)19-35)27(36)17-26(28)33/h10-13,17,19-22,24-25,28,30H,6,9,14-16,18H2,1-5,7-8H3,(H,34,38)/b12-10+,13-11+/t21?,22?,24-,25+,28+,30-,33+/m0/s1. The van der Waals surface area contributed by atoms with Gasteiger partial charge in [0, 0.05) is 17.4 Å². The van der Waals surface area contributed by atoms with Crippen molar-refractivity contribution in [1.29, 1.82) is 0 Å². The van der Waals surface area contributed by atoms with Crippen molar-refractivity contribution in [3.63, 3.8) is 0 Å². The Bertz CT molecular complexity index is 1100. The number of ether oxygens (including phenoxy) is 2. The maximum atomic E-state index is 13.6. The quantitative estimate of drug-likeness (QED) is 0.142. The highest BCUT2D eigenvalue weighted by Crippen LogP contribution is 2.53. The molecule has 1 saturated carbocycles. The second-order valence-electron chi connectivity index (χ2n) is 12.1. The lowest BCUT2D eigenvalue weighted by Crippen LogP contribution is -2.54. The van der Waals surface area contributed by atoms with Crippen molar-refractivity contribution in [2.24, 2.45) is 35.0 Å². The average molecular weight is 570 g/mol. The summed E-state index contributed by atoms with van der Waals surface area (Å²) in [5.74, 6) is -2.35. The Morgan fingerprint density at radius 1 is 1.17 bits per heavy atom. The molecule has 2 aliphatic rings. The lowest BCUT2D eigenvalue weighted by Gasteiger charge is -2.49. The minimum absolute atomic E-state index is 0.136. The number of aldehydes is 1. The van der Waals surface area contributed by atoms with E-state index in [9.17, 15) is 24.0 Å². The van der Waals surface area contributed by atoms with Gasteiger partial charge in [-0.1, -0.05) is 72.8 Å². The van der Waals surface area contributed by atoms with Gasteiger partial charge in [-0.3, -0.25) is 14.4 Å². The van der Waals surface area contributed by atoms with Crippen molar-refractivity contribution in [2.75, 3.05) is 7.11 Å². The Hall–Kier alpha value is -3.29. The molecular weight excluding hydrogens is 522 g/mol. The molecule has 41 heavy (non-hydrogen) atoms. The molecule has 0 bridgehead atoms. The van der Waals surface area contributed by atoms with E-state index in [0.717, 1.165) is 12.8 Å². The monoisotopic (exact) mass is 569 g/mol. The number of carbonyl (C=O) groups excluding carboxylic acids is 5. The van der Waals surface area contributed by atoms with E-state index in [1.807, 2.05) is 26.8 Å². The van der Waals surface area contributed by atoms with Crippen LogP contribution in [-0.2, 0) is 33.4 Å². The molecule has 226 valence electrons. The van der Waals surface area contributed by atoms with Gasteiger partial charge in [-0.05, 0) is 60.7 Å². The highest BCUT2D eigenvalue weighted by Gasteiger charge is 2.53. The highest BCUT2D eigenvalue weighted by molar-refractivity contribution is 6.00. The molecule has 2 rings (SSSR count). The van der Waals surface area contributed by atoms with Crippen LogP contribution in [0.15, 0.2) is 48.1 Å². The summed E-state index contributed by atoms with van der Waals surface area (Å²) in [6.07, 6.45) is 11.2. The summed E-state index contributed by atoms with van der Waals surface area (Å²) in [6, 6.07) is -0.837. The van der Waals surface area contributed by atoms with Crippen molar-refractivity contribution < 1.29 is 33.4 Å². The SMILES string of the molecule is C=C(C=O)[C@@H]1C[C@@]2(C)C(=CC1=O)[C@H](OC(=O)/C=C/C=C/C(C)CC(C)CC)CC[C@@H]2C(=O)N[C@H](C(=O)OC)C(C)C. The maximum Gasteiger partial charge on any atom is 0.331 e. The van der Waals surface area contributed by atoms with Crippen LogP contribution in [0.4, 0.5) is 0 Å². The van der Waals surface area contributed by atoms with Crippen molar-refractivity contribution in [2.45, 2.75) is 85.8 Å². The van der Waals surface area contributed by atoms with Crippen LogP contribution in [0, 0.1) is 35.0 Å². The Kier molecular flexibility index (Phi) is 12.5. The first-order chi connectivity index (χ1) is 19.3. The van der Waals surface area contributed by atoms with Crippen molar-refractivity contribution in [3.05, 3.63) is 48.1 Å². The van der Waals surface area contributed by atoms with Gasteiger partial charge in [0.2, 0.25) is 5.91 Å². The molecule has 0 aliphatic heterocycles. The van der Waals surface area contributed by atoms with Crippen LogP contribution in [-0.4, -0.2) is 49.2 Å². The van der Waals surface area contributed by atoms with Gasteiger partial charge < -0.3 is 14.8 Å². The largest absolute Gasteiger partial charge is 0.467 e. The molecule has 1 fully saturated rings. The van der Waals surface area contributed by atoms with Crippen LogP contribution in [0.2, 0.25) is 0 Å². The zero-order valence-electron chi connectivity index (χ0n) is 25.6. The van der Waals surface area contributed by atoms with Crippen LogP contribution >= 0.6 is 0 Å². The molecule has 2 aliphatic carbocycles. The number of hydrogen-bond donors (Lipinski definition) is 1. The van der Waals surface area contributed by atoms with Crippen molar-refractivity contribution in [3.8, 4) is 0 Å². The van der Waals surface area contributed by atoms with Crippen LogP contribution in [0.3, 0.4) is 0 Å². The van der Waals surface area contributed by atoms with Gasteiger partial charge in [-0.25, -0.2) is 9.59 Å². The fourth-order valence-electron chi connectivity index (χ4n) is 5.92. The minimum atomic E-state index is -0.912. The van der Waals surface area contributed by atoms with E-state index in [1.54, 1.807) is 6.08 Å². The minimum Gasteiger partial charge on any atom is -0.467 e. The first kappa shape index (κ1) is 33.9. The topological polar surface area (TPSA) is 116 Å². The molecule has 8 nitrogen and oxygen atoms in total. The summed E-state index contributed by atoms with van der Waals surface area (Å²) in [6.45, 7) is 15.7. The Morgan fingerprint density at radius 3 is 2.44 bits per heavy atom. The molecule has 0 radical (unpaired) electrons. The number of methoxy groups -OCH3 is 1. The lowest BCUT2D eigenvalue weighted by molar-refractivity contribution is -0.150. The summed E-state index contributed by atoms with van der Waals surface area (Å²) in [5.41, 5.74) is -0.232. The third kappa shape index (κ3) is 8.60. The predicted octanol–water partition coefficient (Wildman–Crippen LogP) is 5.08. The number of rotatable bonds is 13. The number of allylic oxidation sites excluding steroid dienone is 5. The van der Waals surface area contributed by atoms with E-state index in [2.05, 4.69) is 38.7 Å². The summed E-state index contributed by atoms with van der Waals surface area (Å²) < 4.78 is 10.7. The Morgan fingerprint density at radius 2 is 1.85 bits per heavy atom. The van der Waals surface area contributed by atoms with E-state index in [-0.39, 0.29) is 29.6 Å². The zero-order chi connectivity index (χ0) is 30.9. The Balaban J connectivity index is 2.29. The molecule has 1 N–H and O–H groups in total. The van der Waals surface area contributed by atoms with Crippen molar-refractivity contribution >= 4 is 29.9 Å². The van der Waals surface area contributed by atoms with E-state index >= 15 is 0 Å². The summed E-state index contributed by atoms with van der Waals surface area (Å²) >= 11 is 0. The molecule has 0 spiro atoms. The van der Waals surface area contributed by atoms with E-state index in [1.165, 1.54) is 19.3 Å². The fourth-order valence-corrected chi connectivity index (χ4v) is 5.92. The van der Waals surface area contributed by atoms with Gasteiger partial charge in [0.15, 0.2) is 5.78 Å². The van der Waals surface area contributed by atoms with Crippen LogP contribution < -0.4 is 5.32 Å². The summed E-state index contributed by atoms with van der Waals surface area (Å²) in [7, 11) is 1.27. The second-order valence-corrected chi connectivity index (χ2v) is 12.1. The number of esters is 2.